The lowest BCUT2D eigenvalue weighted by atomic mass is 9.84. The fourth-order valence-corrected chi connectivity index (χ4v) is 3.01. The van der Waals surface area contributed by atoms with Crippen LogP contribution in [-0.2, 0) is 32.6 Å². The predicted octanol–water partition coefficient (Wildman–Crippen LogP) is 7.00. The number of hydrogen-bond donors (Lipinski definition) is 0. The minimum absolute atomic E-state index is 0.0895. The smallest absolute Gasteiger partial charge is 0.392 e. The summed E-state index contributed by atoms with van der Waals surface area (Å²) in [6, 6.07) is 0. The van der Waals surface area contributed by atoms with Gasteiger partial charge in [0.2, 0.25) is 0 Å². The van der Waals surface area contributed by atoms with Crippen LogP contribution >= 0.6 is 34.8 Å². The molecular formula is C27H46B3Cl3O7. The van der Waals surface area contributed by atoms with Crippen LogP contribution in [0.1, 0.15) is 96.9 Å². The molecule has 3 aliphatic rings. The molecule has 0 bridgehead atoms. The molecule has 0 aromatic rings. The lowest BCUT2D eigenvalue weighted by Gasteiger charge is -2.32. The highest BCUT2D eigenvalue weighted by Crippen LogP contribution is 2.38. The van der Waals surface area contributed by atoms with Crippen molar-refractivity contribution >= 4 is 56.4 Å². The highest BCUT2D eigenvalue weighted by atomic mass is 35.5. The molecule has 3 aliphatic heterocycles. The molecule has 0 saturated carbocycles. The number of rotatable bonds is 2. The second-order valence-corrected chi connectivity index (χ2v) is 13.8. The van der Waals surface area contributed by atoms with Gasteiger partial charge in [-0.1, -0.05) is 46.4 Å². The van der Waals surface area contributed by atoms with Crippen molar-refractivity contribution in [2.24, 2.45) is 0 Å². The molecule has 40 heavy (non-hydrogen) atoms. The average molecular weight is 621 g/mol. The standard InChI is InChI=1S/C14H24B2O4.C9H19BO3.C2HCl3.C2H2/c1-11(2)12(3,4)18-15(17-11)9-10-16-19-13(5,6)14(7,8)20-16;1-7(2)11-10-12-8(3,4)9(5,6)13-10;3-1-2(4)5;1-2/h1-8H3;7H,1-6H3;1H;1-2H. The van der Waals surface area contributed by atoms with Crippen molar-refractivity contribution in [3.63, 3.8) is 0 Å². The lowest BCUT2D eigenvalue weighted by molar-refractivity contribution is 0.00578. The van der Waals surface area contributed by atoms with Crippen molar-refractivity contribution in [3.05, 3.63) is 10.0 Å². The van der Waals surface area contributed by atoms with Crippen LogP contribution in [0.15, 0.2) is 10.0 Å². The molecule has 7 nitrogen and oxygen atoms in total. The molecule has 3 saturated heterocycles. The summed E-state index contributed by atoms with van der Waals surface area (Å²) in [7, 11) is -1.61. The topological polar surface area (TPSA) is 64.6 Å². The zero-order chi connectivity index (χ0) is 32.0. The van der Waals surface area contributed by atoms with Gasteiger partial charge in [-0.05, 0) is 96.9 Å². The van der Waals surface area contributed by atoms with Gasteiger partial charge >= 0.3 is 21.6 Å². The van der Waals surface area contributed by atoms with E-state index < -0.39 is 21.6 Å². The molecule has 0 N–H and O–H groups in total. The first-order valence-electron chi connectivity index (χ1n) is 13.1. The van der Waals surface area contributed by atoms with E-state index in [9.17, 15) is 0 Å². The van der Waals surface area contributed by atoms with E-state index in [2.05, 4.69) is 24.5 Å². The van der Waals surface area contributed by atoms with E-state index in [1.807, 2.05) is 96.9 Å². The third-order valence-corrected chi connectivity index (χ3v) is 8.18. The van der Waals surface area contributed by atoms with Gasteiger partial charge in [0.1, 0.15) is 4.49 Å². The molecule has 0 amide bonds. The molecule has 0 atom stereocenters. The van der Waals surface area contributed by atoms with Gasteiger partial charge in [-0.2, -0.15) is 0 Å². The maximum Gasteiger partial charge on any atom is 0.640 e. The third-order valence-electron chi connectivity index (χ3n) is 7.52. The Bertz CT molecular complexity index is 847. The highest BCUT2D eigenvalue weighted by molar-refractivity contribution is 6.62. The van der Waals surface area contributed by atoms with Gasteiger partial charge in [0.05, 0.1) is 33.6 Å². The quantitative estimate of drug-likeness (QED) is 0.243. The average Bonchev–Trinajstić information content (AvgIpc) is 3.21. The Hall–Kier alpha value is -0.355. The normalized spacial score (nSPS) is 23.9. The first-order chi connectivity index (χ1) is 17.9. The molecule has 13 heteroatoms. The largest absolute Gasteiger partial charge is 0.640 e. The van der Waals surface area contributed by atoms with E-state index in [1.54, 1.807) is 0 Å². The molecule has 3 heterocycles. The molecule has 0 aromatic heterocycles. The van der Waals surface area contributed by atoms with E-state index in [4.69, 9.17) is 67.4 Å². The van der Waals surface area contributed by atoms with Crippen molar-refractivity contribution in [1.82, 2.24) is 0 Å². The number of halogens is 3. The zero-order valence-electron chi connectivity index (χ0n) is 26.5. The van der Waals surface area contributed by atoms with Gasteiger partial charge in [0, 0.05) is 11.6 Å². The summed E-state index contributed by atoms with van der Waals surface area (Å²) in [5.41, 5.74) is -1.00. The summed E-state index contributed by atoms with van der Waals surface area (Å²) < 4.78 is 40.1. The molecular weight excluding hydrogens is 575 g/mol. The summed E-state index contributed by atoms with van der Waals surface area (Å²) in [6.07, 6.45) is 8.12. The van der Waals surface area contributed by atoms with Crippen molar-refractivity contribution in [3.8, 4) is 24.5 Å². The third kappa shape index (κ3) is 11.0. The summed E-state index contributed by atoms with van der Waals surface area (Å²) in [6.45, 7) is 28.0. The number of terminal acetylenes is 1. The minimum Gasteiger partial charge on any atom is -0.392 e. The van der Waals surface area contributed by atoms with Gasteiger partial charge in [-0.25, -0.2) is 0 Å². The molecule has 226 valence electrons. The van der Waals surface area contributed by atoms with Crippen LogP contribution in [0.3, 0.4) is 0 Å². The maximum absolute atomic E-state index is 5.82. The summed E-state index contributed by atoms with van der Waals surface area (Å²) >= 11 is 14.8. The fraction of sp³-hybridized carbons (Fsp3) is 0.778. The van der Waals surface area contributed by atoms with E-state index in [1.165, 1.54) is 0 Å². The molecule has 0 aromatic carbocycles. The van der Waals surface area contributed by atoms with Crippen LogP contribution in [0.2, 0.25) is 0 Å². The zero-order valence-corrected chi connectivity index (χ0v) is 28.8. The Morgan fingerprint density at radius 3 is 1.05 bits per heavy atom. The molecule has 3 fully saturated rings. The van der Waals surface area contributed by atoms with Crippen LogP contribution in [-0.4, -0.2) is 61.3 Å². The summed E-state index contributed by atoms with van der Waals surface area (Å²) in [5, 5.41) is 0. The maximum atomic E-state index is 5.82. The van der Waals surface area contributed by atoms with E-state index in [0.29, 0.717) is 0 Å². The number of hydrogen-bond acceptors (Lipinski definition) is 7. The second kappa shape index (κ2) is 14.9. The predicted molar refractivity (Wildman–Crippen MR) is 168 cm³/mol. The van der Waals surface area contributed by atoms with Gasteiger partial charge in [0.15, 0.2) is 0 Å². The van der Waals surface area contributed by atoms with Gasteiger partial charge in [-0.15, -0.1) is 12.8 Å². The Kier molecular flexibility index (Phi) is 14.8. The second-order valence-electron chi connectivity index (χ2n) is 12.6. The molecule has 0 unspecified atom stereocenters. The Balaban J connectivity index is 0.000000652. The van der Waals surface area contributed by atoms with Crippen LogP contribution in [0.4, 0.5) is 0 Å². The molecule has 0 radical (unpaired) electrons. The fourth-order valence-electron chi connectivity index (χ4n) is 3.01. The first kappa shape index (κ1) is 39.6. The van der Waals surface area contributed by atoms with Crippen LogP contribution < -0.4 is 0 Å². The van der Waals surface area contributed by atoms with Crippen LogP contribution in [0, 0.1) is 24.5 Å². The van der Waals surface area contributed by atoms with E-state index >= 15 is 0 Å². The Morgan fingerprint density at radius 1 is 0.625 bits per heavy atom. The van der Waals surface area contributed by atoms with Crippen LogP contribution in [0.25, 0.3) is 0 Å². The van der Waals surface area contributed by atoms with Gasteiger partial charge in [-0.3, -0.25) is 0 Å². The first-order valence-corrected chi connectivity index (χ1v) is 14.3. The molecule has 3 rings (SSSR count). The minimum atomic E-state index is -0.543. The Morgan fingerprint density at radius 2 is 0.850 bits per heavy atom. The summed E-state index contributed by atoms with van der Waals surface area (Å²) in [5.74, 6) is 5.93. The monoisotopic (exact) mass is 620 g/mol. The lowest BCUT2D eigenvalue weighted by Crippen LogP contribution is -2.41. The van der Waals surface area contributed by atoms with Crippen molar-refractivity contribution in [1.29, 1.82) is 0 Å². The molecule has 0 aliphatic carbocycles. The Labute approximate surface area is 259 Å². The van der Waals surface area contributed by atoms with Crippen LogP contribution in [0.5, 0.6) is 0 Å². The molecule has 0 spiro atoms. The van der Waals surface area contributed by atoms with Crippen molar-refractivity contribution in [2.75, 3.05) is 0 Å². The highest BCUT2D eigenvalue weighted by Gasteiger charge is 2.54. The van der Waals surface area contributed by atoms with Gasteiger partial charge < -0.3 is 32.6 Å². The SMILES string of the molecule is C#C.CC(C)OB1OC(C)(C)C(C)(C)O1.CC1(C)OB(C#CB2OC(C)(C)C(C)(C)O2)OC1(C)C.ClC=C(Cl)Cl. The van der Waals surface area contributed by atoms with E-state index in [-0.39, 0.29) is 44.2 Å². The van der Waals surface area contributed by atoms with E-state index in [0.717, 1.165) is 5.54 Å². The van der Waals surface area contributed by atoms with Crippen molar-refractivity contribution < 1.29 is 32.6 Å². The van der Waals surface area contributed by atoms with Gasteiger partial charge in [0.25, 0.3) is 0 Å². The summed E-state index contributed by atoms with van der Waals surface area (Å²) in [4.78, 5) is 0. The van der Waals surface area contributed by atoms with Crippen molar-refractivity contribution in [2.45, 2.75) is 137 Å².